The van der Waals surface area contributed by atoms with E-state index in [1.807, 2.05) is 6.92 Å². The van der Waals surface area contributed by atoms with E-state index in [1.165, 1.54) is 17.0 Å². The van der Waals surface area contributed by atoms with Crippen molar-refractivity contribution in [3.8, 4) is 0 Å². The first-order valence-electron chi connectivity index (χ1n) is 11.2. The highest BCUT2D eigenvalue weighted by molar-refractivity contribution is 7.90. The molecular weight excluding hydrogens is 513 g/mol. The van der Waals surface area contributed by atoms with Crippen molar-refractivity contribution in [1.82, 2.24) is 14.5 Å². The minimum atomic E-state index is -3.94. The molecule has 0 bridgehead atoms. The Balaban J connectivity index is 1.72. The fourth-order valence-electron chi connectivity index (χ4n) is 3.78. The minimum absolute atomic E-state index is 0.0289. The zero-order valence-corrected chi connectivity index (χ0v) is 21.8. The molecule has 3 rings (SSSR count). The van der Waals surface area contributed by atoms with Crippen LogP contribution in [0.2, 0.25) is 10.0 Å². The van der Waals surface area contributed by atoms with Gasteiger partial charge in [-0.1, -0.05) is 48.3 Å². The number of rotatable bonds is 10. The molecule has 8 nitrogen and oxygen atoms in total. The van der Waals surface area contributed by atoms with Crippen molar-refractivity contribution in [3.05, 3.63) is 63.6 Å². The normalized spacial score (nSPS) is 15.0. The molecular formula is C24H27Cl2N3O5S. The van der Waals surface area contributed by atoms with E-state index in [-0.39, 0.29) is 48.2 Å². The maximum Gasteiger partial charge on any atom is 0.269 e. The molecule has 1 heterocycles. The van der Waals surface area contributed by atoms with E-state index in [9.17, 15) is 22.8 Å². The molecule has 11 heteroatoms. The molecule has 2 aromatic rings. The number of nitrogens with one attached hydrogen (secondary N) is 1. The standard InChI is InChI=1S/C24H27Cl2N3O5S/c1-3-12-27-23(31)16(2)28(15-17-10-11-19(25)20(26)14-17)22(30)9-6-13-29-24(32)18-7-4-5-8-21(18)35(29,33)34/h4-5,7-8,10-11,14,16H,3,6,9,12-13,15H2,1-2H3,(H,27,31)/t16-/m1/s1. The van der Waals surface area contributed by atoms with Gasteiger partial charge in [-0.05, 0) is 49.6 Å². The second-order valence-electron chi connectivity index (χ2n) is 8.22. The molecule has 0 saturated heterocycles. The molecule has 1 aliphatic heterocycles. The van der Waals surface area contributed by atoms with Gasteiger partial charge >= 0.3 is 0 Å². The van der Waals surface area contributed by atoms with Crippen LogP contribution in [0.4, 0.5) is 0 Å². The van der Waals surface area contributed by atoms with Crippen LogP contribution in [0.1, 0.15) is 49.0 Å². The number of nitrogens with zero attached hydrogens (tertiary/aromatic N) is 2. The molecule has 2 aromatic carbocycles. The van der Waals surface area contributed by atoms with Crippen LogP contribution >= 0.6 is 23.2 Å². The lowest BCUT2D eigenvalue weighted by atomic mass is 10.1. The number of hydrogen-bond acceptors (Lipinski definition) is 5. The average molecular weight is 540 g/mol. The minimum Gasteiger partial charge on any atom is -0.354 e. The summed E-state index contributed by atoms with van der Waals surface area (Å²) >= 11 is 12.1. The molecule has 0 fully saturated rings. The predicted molar refractivity (Wildman–Crippen MR) is 134 cm³/mol. The van der Waals surface area contributed by atoms with Gasteiger partial charge in [0.2, 0.25) is 11.8 Å². The van der Waals surface area contributed by atoms with E-state index in [1.54, 1.807) is 37.3 Å². The summed E-state index contributed by atoms with van der Waals surface area (Å²) in [5.74, 6) is -1.25. The van der Waals surface area contributed by atoms with E-state index in [4.69, 9.17) is 23.2 Å². The molecule has 1 atom stereocenters. The van der Waals surface area contributed by atoms with Gasteiger partial charge in [-0.15, -0.1) is 0 Å². The van der Waals surface area contributed by atoms with Crippen LogP contribution in [0.5, 0.6) is 0 Å². The number of amides is 3. The third kappa shape index (κ3) is 5.97. The molecule has 3 amide bonds. The summed E-state index contributed by atoms with van der Waals surface area (Å²) in [5, 5.41) is 3.49. The Morgan fingerprint density at radius 1 is 1.11 bits per heavy atom. The number of halogens is 2. The molecule has 0 unspecified atom stereocenters. The van der Waals surface area contributed by atoms with Gasteiger partial charge in [0, 0.05) is 26.1 Å². The van der Waals surface area contributed by atoms with Crippen LogP contribution in [0.15, 0.2) is 47.4 Å². The Kier molecular flexibility index (Phi) is 8.79. The van der Waals surface area contributed by atoms with Crippen LogP contribution in [-0.4, -0.2) is 54.5 Å². The first-order chi connectivity index (χ1) is 16.6. The first-order valence-corrected chi connectivity index (χ1v) is 13.4. The lowest BCUT2D eigenvalue weighted by Crippen LogP contribution is -2.47. The highest BCUT2D eigenvalue weighted by atomic mass is 35.5. The van der Waals surface area contributed by atoms with Gasteiger partial charge in [0.05, 0.1) is 15.6 Å². The second kappa shape index (κ2) is 11.4. The fraction of sp³-hybridized carbons (Fsp3) is 0.375. The Morgan fingerprint density at radius 2 is 1.83 bits per heavy atom. The molecule has 0 radical (unpaired) electrons. The van der Waals surface area contributed by atoms with Crippen molar-refractivity contribution >= 4 is 50.9 Å². The zero-order chi connectivity index (χ0) is 25.8. The number of fused-ring (bicyclic) bond motifs is 1. The monoisotopic (exact) mass is 539 g/mol. The van der Waals surface area contributed by atoms with Crippen LogP contribution in [0.25, 0.3) is 0 Å². The number of hydrogen-bond donors (Lipinski definition) is 1. The fourth-order valence-corrected chi connectivity index (χ4v) is 5.71. The molecule has 35 heavy (non-hydrogen) atoms. The summed E-state index contributed by atoms with van der Waals surface area (Å²) < 4.78 is 26.3. The van der Waals surface area contributed by atoms with Crippen molar-refractivity contribution in [2.24, 2.45) is 0 Å². The SMILES string of the molecule is CCCNC(=O)[C@@H](C)N(Cc1ccc(Cl)c(Cl)c1)C(=O)CCCN1C(=O)c2ccccc2S1(=O)=O. The maximum absolute atomic E-state index is 13.2. The number of benzene rings is 2. The predicted octanol–water partition coefficient (Wildman–Crippen LogP) is 3.86. The van der Waals surface area contributed by atoms with Crippen LogP contribution in [0.3, 0.4) is 0 Å². The lowest BCUT2D eigenvalue weighted by Gasteiger charge is -2.29. The summed E-state index contributed by atoms with van der Waals surface area (Å²) in [5.41, 5.74) is 0.817. The third-order valence-corrected chi connectivity index (χ3v) is 8.30. The van der Waals surface area contributed by atoms with Crippen molar-refractivity contribution in [3.63, 3.8) is 0 Å². The van der Waals surface area contributed by atoms with Crippen molar-refractivity contribution < 1.29 is 22.8 Å². The van der Waals surface area contributed by atoms with E-state index in [0.717, 1.165) is 10.7 Å². The van der Waals surface area contributed by atoms with E-state index in [0.29, 0.717) is 22.2 Å². The molecule has 0 saturated carbocycles. The Hall–Kier alpha value is -2.62. The topological polar surface area (TPSA) is 104 Å². The van der Waals surface area contributed by atoms with Crippen LogP contribution in [0, 0.1) is 0 Å². The van der Waals surface area contributed by atoms with E-state index < -0.39 is 22.0 Å². The molecule has 1 aliphatic rings. The van der Waals surface area contributed by atoms with Gasteiger partial charge in [-0.2, -0.15) is 0 Å². The van der Waals surface area contributed by atoms with Crippen LogP contribution in [-0.2, 0) is 26.2 Å². The quantitative estimate of drug-likeness (QED) is 0.493. The van der Waals surface area contributed by atoms with E-state index in [2.05, 4.69) is 5.32 Å². The van der Waals surface area contributed by atoms with Crippen molar-refractivity contribution in [2.75, 3.05) is 13.1 Å². The van der Waals surface area contributed by atoms with Crippen molar-refractivity contribution in [1.29, 1.82) is 0 Å². The largest absolute Gasteiger partial charge is 0.354 e. The number of sulfonamides is 1. The number of carbonyl (C=O) groups is 3. The summed E-state index contributed by atoms with van der Waals surface area (Å²) in [6.45, 7) is 4.01. The Labute approximate surface area is 215 Å². The highest BCUT2D eigenvalue weighted by Gasteiger charge is 2.40. The lowest BCUT2D eigenvalue weighted by molar-refractivity contribution is -0.140. The van der Waals surface area contributed by atoms with Gasteiger partial charge < -0.3 is 10.2 Å². The molecule has 0 aromatic heterocycles. The summed E-state index contributed by atoms with van der Waals surface area (Å²) in [4.78, 5) is 39.8. The van der Waals surface area contributed by atoms with E-state index >= 15 is 0 Å². The molecule has 1 N–H and O–H groups in total. The maximum atomic E-state index is 13.2. The smallest absolute Gasteiger partial charge is 0.269 e. The van der Waals surface area contributed by atoms with Crippen LogP contribution < -0.4 is 5.32 Å². The van der Waals surface area contributed by atoms with Gasteiger partial charge in [0.15, 0.2) is 0 Å². The zero-order valence-electron chi connectivity index (χ0n) is 19.5. The van der Waals surface area contributed by atoms with Crippen molar-refractivity contribution in [2.45, 2.75) is 50.6 Å². The molecule has 188 valence electrons. The highest BCUT2D eigenvalue weighted by Crippen LogP contribution is 2.30. The Bertz CT molecular complexity index is 1240. The summed E-state index contributed by atoms with van der Waals surface area (Å²) in [6.07, 6.45) is 0.807. The van der Waals surface area contributed by atoms with Gasteiger partial charge in [-0.25, -0.2) is 12.7 Å². The average Bonchev–Trinajstić information content (AvgIpc) is 3.03. The summed E-state index contributed by atoms with van der Waals surface area (Å²) in [6, 6.07) is 10.2. The Morgan fingerprint density at radius 3 is 2.49 bits per heavy atom. The van der Waals surface area contributed by atoms with Gasteiger partial charge in [-0.3, -0.25) is 14.4 Å². The second-order valence-corrected chi connectivity index (χ2v) is 10.9. The third-order valence-electron chi connectivity index (χ3n) is 5.72. The van der Waals surface area contributed by atoms with Gasteiger partial charge in [0.1, 0.15) is 10.9 Å². The summed E-state index contributed by atoms with van der Waals surface area (Å²) in [7, 11) is -3.94. The molecule has 0 spiro atoms. The molecule has 0 aliphatic carbocycles. The number of carbonyl (C=O) groups excluding carboxylic acids is 3. The van der Waals surface area contributed by atoms with Gasteiger partial charge in [0.25, 0.3) is 15.9 Å². The first kappa shape index (κ1) is 27.0.